The quantitative estimate of drug-likeness (QED) is 0.802. The van der Waals surface area contributed by atoms with Crippen LogP contribution < -0.4 is 5.32 Å². The molecular weight excluding hydrogens is 238 g/mol. The summed E-state index contributed by atoms with van der Waals surface area (Å²) in [6.45, 7) is 1.74. The van der Waals surface area contributed by atoms with Gasteiger partial charge in [0.2, 0.25) is 0 Å². The number of sulfone groups is 1. The van der Waals surface area contributed by atoms with Crippen molar-refractivity contribution in [2.24, 2.45) is 7.05 Å². The Bertz CT molecular complexity index is 453. The summed E-state index contributed by atoms with van der Waals surface area (Å²) in [7, 11) is 0.733. The second kappa shape index (κ2) is 5.64. The number of aromatic nitrogens is 2. The molecule has 17 heavy (non-hydrogen) atoms. The van der Waals surface area contributed by atoms with Crippen molar-refractivity contribution in [2.45, 2.75) is 31.1 Å². The molecule has 2 unspecified atom stereocenters. The van der Waals surface area contributed by atoms with Crippen LogP contribution >= 0.6 is 0 Å². The fourth-order valence-corrected chi connectivity index (χ4v) is 2.70. The lowest BCUT2D eigenvalue weighted by Gasteiger charge is -2.21. The number of aryl methyl sites for hydroxylation is 2. The Hall–Kier alpha value is -0.880. The Morgan fingerprint density at radius 2 is 2.18 bits per heavy atom. The first-order valence-corrected chi connectivity index (χ1v) is 7.64. The molecule has 0 aliphatic heterocycles. The van der Waals surface area contributed by atoms with Gasteiger partial charge in [0.1, 0.15) is 5.82 Å². The largest absolute Gasteiger partial charge is 0.338 e. The number of hydrogen-bond acceptors (Lipinski definition) is 4. The molecule has 0 saturated carbocycles. The number of nitrogens with zero attached hydrogens (tertiary/aromatic N) is 2. The Balaban J connectivity index is 2.63. The highest BCUT2D eigenvalue weighted by atomic mass is 32.2. The van der Waals surface area contributed by atoms with E-state index in [-0.39, 0.29) is 11.3 Å². The van der Waals surface area contributed by atoms with Crippen LogP contribution in [0.1, 0.15) is 19.2 Å². The predicted molar refractivity (Wildman–Crippen MR) is 68.7 cm³/mol. The molecule has 0 aliphatic carbocycles. The summed E-state index contributed by atoms with van der Waals surface area (Å²) in [4.78, 5) is 4.23. The molecule has 2 atom stereocenters. The van der Waals surface area contributed by atoms with Gasteiger partial charge < -0.3 is 9.88 Å². The van der Waals surface area contributed by atoms with Gasteiger partial charge in [0.25, 0.3) is 0 Å². The van der Waals surface area contributed by atoms with Crippen LogP contribution in [0.2, 0.25) is 0 Å². The van der Waals surface area contributed by atoms with Crippen molar-refractivity contribution in [2.75, 3.05) is 13.3 Å². The summed E-state index contributed by atoms with van der Waals surface area (Å²) in [5.41, 5.74) is 0. The molecule has 0 aliphatic rings. The maximum Gasteiger partial charge on any atom is 0.151 e. The lowest BCUT2D eigenvalue weighted by Crippen LogP contribution is -2.40. The highest BCUT2D eigenvalue weighted by molar-refractivity contribution is 7.91. The molecule has 6 heteroatoms. The molecule has 1 N–H and O–H groups in total. The summed E-state index contributed by atoms with van der Waals surface area (Å²) in [5, 5.41) is 2.69. The van der Waals surface area contributed by atoms with Gasteiger partial charge in [-0.1, -0.05) is 0 Å². The van der Waals surface area contributed by atoms with E-state index in [0.29, 0.717) is 0 Å². The molecular formula is C11H21N3O2S. The molecule has 0 amide bonds. The minimum atomic E-state index is -3.00. The summed E-state index contributed by atoms with van der Waals surface area (Å²) in [6.07, 6.45) is 6.46. The van der Waals surface area contributed by atoms with E-state index in [0.717, 1.165) is 18.7 Å². The van der Waals surface area contributed by atoms with E-state index in [1.54, 1.807) is 20.2 Å². The van der Waals surface area contributed by atoms with E-state index >= 15 is 0 Å². The smallest absolute Gasteiger partial charge is 0.151 e. The third-order valence-electron chi connectivity index (χ3n) is 3.21. The van der Waals surface area contributed by atoms with Gasteiger partial charge in [0, 0.05) is 38.2 Å². The second-order valence-corrected chi connectivity index (χ2v) is 6.83. The fraction of sp³-hybridized carbons (Fsp3) is 0.727. The summed E-state index contributed by atoms with van der Waals surface area (Å²) < 4.78 is 25.0. The van der Waals surface area contributed by atoms with Gasteiger partial charge in [-0.25, -0.2) is 13.4 Å². The van der Waals surface area contributed by atoms with Crippen molar-refractivity contribution in [1.29, 1.82) is 0 Å². The van der Waals surface area contributed by atoms with E-state index in [1.807, 2.05) is 17.8 Å². The topological polar surface area (TPSA) is 64.0 Å². The maximum absolute atomic E-state index is 11.5. The van der Waals surface area contributed by atoms with Crippen LogP contribution in [0.3, 0.4) is 0 Å². The van der Waals surface area contributed by atoms with Crippen LogP contribution in [0.5, 0.6) is 0 Å². The summed E-state index contributed by atoms with van der Waals surface area (Å²) in [6, 6.07) is -0.0401. The van der Waals surface area contributed by atoms with E-state index < -0.39 is 9.84 Å². The zero-order valence-electron chi connectivity index (χ0n) is 10.8. The Labute approximate surface area is 103 Å². The number of nitrogens with one attached hydrogen (secondary N) is 1. The van der Waals surface area contributed by atoms with Crippen molar-refractivity contribution < 1.29 is 8.42 Å². The highest BCUT2D eigenvalue weighted by Crippen LogP contribution is 2.11. The normalized spacial score (nSPS) is 15.8. The highest BCUT2D eigenvalue weighted by Gasteiger charge is 2.24. The summed E-state index contributed by atoms with van der Waals surface area (Å²) in [5.74, 6) is 0.978. The molecule has 1 aromatic rings. The molecule has 98 valence electrons. The molecule has 0 fully saturated rings. The molecule has 0 aromatic carbocycles. The van der Waals surface area contributed by atoms with Gasteiger partial charge in [-0.3, -0.25) is 0 Å². The third kappa shape index (κ3) is 3.81. The maximum atomic E-state index is 11.5. The van der Waals surface area contributed by atoms with E-state index in [2.05, 4.69) is 10.3 Å². The van der Waals surface area contributed by atoms with Crippen molar-refractivity contribution in [3.63, 3.8) is 0 Å². The minimum absolute atomic E-state index is 0.0401. The molecule has 1 aromatic heterocycles. The molecule has 0 bridgehead atoms. The second-order valence-electron chi connectivity index (χ2n) is 4.42. The SMILES string of the molecule is CNC(CCc1nccn1C)C(C)S(C)(=O)=O. The fourth-order valence-electron chi connectivity index (χ4n) is 1.83. The number of imidazole rings is 1. The monoisotopic (exact) mass is 259 g/mol. The van der Waals surface area contributed by atoms with Crippen molar-refractivity contribution in [3.8, 4) is 0 Å². The lowest BCUT2D eigenvalue weighted by molar-refractivity contribution is 0.485. The van der Waals surface area contributed by atoms with Crippen molar-refractivity contribution in [1.82, 2.24) is 14.9 Å². The minimum Gasteiger partial charge on any atom is -0.338 e. The van der Waals surface area contributed by atoms with Crippen LogP contribution in [0.25, 0.3) is 0 Å². The van der Waals surface area contributed by atoms with Gasteiger partial charge in [-0.15, -0.1) is 0 Å². The zero-order valence-corrected chi connectivity index (χ0v) is 11.7. The van der Waals surface area contributed by atoms with E-state index in [4.69, 9.17) is 0 Å². The first kappa shape index (κ1) is 14.2. The standard InChI is InChI=1S/C11H21N3O2S/c1-9(17(4,15)16)10(12-2)5-6-11-13-7-8-14(11)3/h7-10,12H,5-6H2,1-4H3. The van der Waals surface area contributed by atoms with Gasteiger partial charge in [-0.2, -0.15) is 0 Å². The Kier molecular flexibility index (Phi) is 4.70. The van der Waals surface area contributed by atoms with E-state index in [9.17, 15) is 8.42 Å². The lowest BCUT2D eigenvalue weighted by atomic mass is 10.1. The number of rotatable bonds is 6. The van der Waals surface area contributed by atoms with Crippen molar-refractivity contribution in [3.05, 3.63) is 18.2 Å². The Morgan fingerprint density at radius 3 is 2.59 bits per heavy atom. The van der Waals surface area contributed by atoms with Crippen molar-refractivity contribution >= 4 is 9.84 Å². The molecule has 1 rings (SSSR count). The average molecular weight is 259 g/mol. The van der Waals surface area contributed by atoms with E-state index in [1.165, 1.54) is 6.26 Å². The molecule has 0 radical (unpaired) electrons. The first-order valence-electron chi connectivity index (χ1n) is 5.68. The molecule has 0 spiro atoms. The predicted octanol–water partition coefficient (Wildman–Crippen LogP) is 0.374. The van der Waals surface area contributed by atoms with Gasteiger partial charge in [0.05, 0.1) is 5.25 Å². The van der Waals surface area contributed by atoms with Crippen LogP contribution in [0, 0.1) is 0 Å². The van der Waals surface area contributed by atoms with Gasteiger partial charge in [0.15, 0.2) is 9.84 Å². The number of hydrogen-bond donors (Lipinski definition) is 1. The molecule has 0 saturated heterocycles. The van der Waals surface area contributed by atoms with Crippen LogP contribution in [-0.2, 0) is 23.3 Å². The zero-order chi connectivity index (χ0) is 13.1. The van der Waals surface area contributed by atoms with Crippen LogP contribution in [-0.4, -0.2) is 42.6 Å². The van der Waals surface area contributed by atoms with Crippen LogP contribution in [0.4, 0.5) is 0 Å². The molecule has 1 heterocycles. The average Bonchev–Trinajstić information content (AvgIpc) is 2.63. The van der Waals surface area contributed by atoms with Gasteiger partial charge in [-0.05, 0) is 20.4 Å². The Morgan fingerprint density at radius 1 is 1.53 bits per heavy atom. The van der Waals surface area contributed by atoms with Crippen LogP contribution in [0.15, 0.2) is 12.4 Å². The summed E-state index contributed by atoms with van der Waals surface area (Å²) >= 11 is 0. The third-order valence-corrected chi connectivity index (χ3v) is 4.89. The first-order chi connectivity index (χ1) is 7.86. The molecule has 5 nitrogen and oxygen atoms in total. The van der Waals surface area contributed by atoms with Gasteiger partial charge >= 0.3 is 0 Å².